The highest BCUT2D eigenvalue weighted by Crippen LogP contribution is 2.50. The van der Waals surface area contributed by atoms with Gasteiger partial charge in [-0.25, -0.2) is 4.98 Å². The zero-order chi connectivity index (χ0) is 25.0. The summed E-state index contributed by atoms with van der Waals surface area (Å²) in [7, 11) is 0. The van der Waals surface area contributed by atoms with E-state index in [0.29, 0.717) is 27.8 Å². The van der Waals surface area contributed by atoms with E-state index >= 15 is 0 Å². The largest absolute Gasteiger partial charge is 0.405 e. The molecule has 35 heavy (non-hydrogen) atoms. The first-order chi connectivity index (χ1) is 16.6. The van der Waals surface area contributed by atoms with Crippen LogP contribution >= 0.6 is 11.6 Å². The Morgan fingerprint density at radius 1 is 1.26 bits per heavy atom. The van der Waals surface area contributed by atoms with E-state index in [1.807, 2.05) is 0 Å². The normalized spacial score (nSPS) is 19.6. The summed E-state index contributed by atoms with van der Waals surface area (Å²) in [5, 5.41) is 9.32. The highest BCUT2D eigenvalue weighted by molar-refractivity contribution is 6.33. The Balaban J connectivity index is 1.42. The van der Waals surface area contributed by atoms with Crippen LogP contribution in [0.1, 0.15) is 22.3 Å². The molecular weight excluding hydrogens is 489 g/mol. The number of aromatic amines is 1. The van der Waals surface area contributed by atoms with Crippen molar-refractivity contribution in [1.82, 2.24) is 25.4 Å². The van der Waals surface area contributed by atoms with Gasteiger partial charge in [-0.3, -0.25) is 19.5 Å². The van der Waals surface area contributed by atoms with Crippen molar-refractivity contribution in [3.63, 3.8) is 0 Å². The fraction of sp³-hybridized carbons (Fsp3) is 0.318. The summed E-state index contributed by atoms with van der Waals surface area (Å²) in [6.07, 6.45) is -1.37. The number of fused-ring (bicyclic) bond motifs is 3. The molecule has 2 N–H and O–H groups in total. The zero-order valence-electron chi connectivity index (χ0n) is 18.0. The van der Waals surface area contributed by atoms with Gasteiger partial charge in [0, 0.05) is 35.3 Å². The zero-order valence-corrected chi connectivity index (χ0v) is 18.8. The van der Waals surface area contributed by atoms with E-state index < -0.39 is 36.5 Å². The number of rotatable bonds is 4. The molecule has 1 aromatic carbocycles. The monoisotopic (exact) mass is 506 g/mol. The number of hydrogen-bond donors (Lipinski definition) is 2. The maximum Gasteiger partial charge on any atom is 0.405 e. The number of nitrogens with zero attached hydrogens (tertiary/aromatic N) is 4. The van der Waals surface area contributed by atoms with Gasteiger partial charge in [0.2, 0.25) is 11.8 Å². The molecule has 3 amide bonds. The number of nitrogens with one attached hydrogen (secondary N) is 2. The highest BCUT2D eigenvalue weighted by Gasteiger charge is 2.56. The Bertz CT molecular complexity index is 1360. The first kappa shape index (κ1) is 23.1. The molecule has 2 aliphatic heterocycles. The second-order valence-electron chi connectivity index (χ2n) is 8.51. The number of carbonyl (C=O) groups excluding carboxylic acids is 3. The third-order valence-electron chi connectivity index (χ3n) is 6.30. The van der Waals surface area contributed by atoms with Gasteiger partial charge in [0.1, 0.15) is 13.1 Å². The Morgan fingerprint density at radius 2 is 2.06 bits per heavy atom. The van der Waals surface area contributed by atoms with E-state index in [2.05, 4.69) is 15.2 Å². The van der Waals surface area contributed by atoms with Crippen LogP contribution < -0.4 is 10.2 Å². The number of alkyl halides is 3. The molecule has 1 saturated heterocycles. The number of carbonyl (C=O) groups is 3. The third-order valence-corrected chi connectivity index (χ3v) is 6.61. The lowest BCUT2D eigenvalue weighted by Crippen LogP contribution is -2.47. The molecule has 9 nitrogen and oxygen atoms in total. The molecule has 13 heteroatoms. The van der Waals surface area contributed by atoms with Crippen molar-refractivity contribution < 1.29 is 27.6 Å². The minimum Gasteiger partial charge on any atom is -0.345 e. The smallest absolute Gasteiger partial charge is 0.345 e. The van der Waals surface area contributed by atoms with Gasteiger partial charge in [-0.2, -0.15) is 18.3 Å². The lowest BCUT2D eigenvalue weighted by molar-refractivity contribution is -0.138. The molecule has 5 rings (SSSR count). The van der Waals surface area contributed by atoms with Crippen LogP contribution in [0.5, 0.6) is 0 Å². The van der Waals surface area contributed by atoms with Crippen LogP contribution in [0.4, 0.5) is 18.9 Å². The fourth-order valence-electron chi connectivity index (χ4n) is 4.74. The van der Waals surface area contributed by atoms with E-state index in [1.165, 1.54) is 11.1 Å². The third kappa shape index (κ3) is 3.97. The molecule has 0 bridgehead atoms. The molecule has 1 unspecified atom stereocenters. The molecule has 182 valence electrons. The highest BCUT2D eigenvalue weighted by atomic mass is 35.5. The number of likely N-dealkylation sites (tertiary alicyclic amines) is 1. The molecule has 1 fully saturated rings. The van der Waals surface area contributed by atoms with Crippen molar-refractivity contribution in [3.05, 3.63) is 52.8 Å². The number of hydrogen-bond acceptors (Lipinski definition) is 5. The van der Waals surface area contributed by atoms with E-state index in [0.717, 1.165) is 4.90 Å². The minimum atomic E-state index is -4.58. The standard InChI is InChI=1S/C22H18ClF3N6O3/c23-14-2-1-3-15-17(14)21(20(35)32(15)9-16(33)28-10-22(24,25)26)4-5-31(11-21)19(34)13-6-12-8-29-30-18(12)27-7-13/h1-3,6-8H,4-5,9-11H2,(H,28,33)(H,27,29,30). The number of H-pyrrole nitrogens is 1. The summed E-state index contributed by atoms with van der Waals surface area (Å²) in [4.78, 5) is 45.9. The molecule has 2 aromatic heterocycles. The lowest BCUT2D eigenvalue weighted by atomic mass is 9.81. The summed E-state index contributed by atoms with van der Waals surface area (Å²) in [6, 6.07) is 6.43. The van der Waals surface area contributed by atoms with Gasteiger partial charge < -0.3 is 15.1 Å². The van der Waals surface area contributed by atoms with E-state index in [1.54, 1.807) is 35.8 Å². The molecule has 4 heterocycles. The van der Waals surface area contributed by atoms with Crippen molar-refractivity contribution >= 4 is 46.0 Å². The number of halogens is 4. The summed E-state index contributed by atoms with van der Waals surface area (Å²) < 4.78 is 37.5. The lowest BCUT2D eigenvalue weighted by Gasteiger charge is -2.25. The van der Waals surface area contributed by atoms with Crippen molar-refractivity contribution in [2.75, 3.05) is 31.1 Å². The van der Waals surface area contributed by atoms with Crippen LogP contribution in [-0.4, -0.2) is 70.2 Å². The van der Waals surface area contributed by atoms with Crippen molar-refractivity contribution in [3.8, 4) is 0 Å². The average Bonchev–Trinajstić information content (AvgIpc) is 3.51. The average molecular weight is 507 g/mol. The SMILES string of the molecule is O=C(CN1C(=O)C2(CCN(C(=O)c3cnc4[nH]ncc4c3)C2)c2c(Cl)cccc21)NCC(F)(F)F. The number of benzene rings is 1. The van der Waals surface area contributed by atoms with Crippen LogP contribution in [0, 0.1) is 0 Å². The van der Waals surface area contributed by atoms with Crippen molar-refractivity contribution in [2.24, 2.45) is 0 Å². The van der Waals surface area contributed by atoms with Crippen LogP contribution in [0.3, 0.4) is 0 Å². The van der Waals surface area contributed by atoms with Gasteiger partial charge >= 0.3 is 6.18 Å². The molecular formula is C22H18ClF3N6O3. The first-order valence-electron chi connectivity index (χ1n) is 10.6. The maximum absolute atomic E-state index is 13.6. The second-order valence-corrected chi connectivity index (χ2v) is 8.92. The topological polar surface area (TPSA) is 111 Å². The van der Waals surface area contributed by atoms with Gasteiger partial charge in [-0.05, 0) is 24.6 Å². The quantitative estimate of drug-likeness (QED) is 0.564. The summed E-state index contributed by atoms with van der Waals surface area (Å²) >= 11 is 6.47. The van der Waals surface area contributed by atoms with Crippen LogP contribution in [0.2, 0.25) is 5.02 Å². The van der Waals surface area contributed by atoms with Gasteiger partial charge in [0.15, 0.2) is 5.65 Å². The second kappa shape index (κ2) is 8.22. The van der Waals surface area contributed by atoms with Gasteiger partial charge in [-0.15, -0.1) is 0 Å². The molecule has 2 aliphatic rings. The number of aromatic nitrogens is 3. The fourth-order valence-corrected chi connectivity index (χ4v) is 5.09. The van der Waals surface area contributed by atoms with E-state index in [9.17, 15) is 27.6 Å². The van der Waals surface area contributed by atoms with E-state index in [4.69, 9.17) is 11.6 Å². The van der Waals surface area contributed by atoms with Crippen molar-refractivity contribution in [1.29, 1.82) is 0 Å². The maximum atomic E-state index is 13.6. The summed E-state index contributed by atoms with van der Waals surface area (Å²) in [5.41, 5.74) is 0.463. The number of pyridine rings is 1. The Hall–Kier alpha value is -3.67. The predicted molar refractivity (Wildman–Crippen MR) is 119 cm³/mol. The predicted octanol–water partition coefficient (Wildman–Crippen LogP) is 2.42. The minimum absolute atomic E-state index is 0.00545. The van der Waals surface area contributed by atoms with E-state index in [-0.39, 0.29) is 30.4 Å². The van der Waals surface area contributed by atoms with Gasteiger partial charge in [-0.1, -0.05) is 17.7 Å². The molecule has 3 aromatic rings. The Labute approximate surface area is 201 Å². The van der Waals surface area contributed by atoms with Crippen LogP contribution in [0.25, 0.3) is 11.0 Å². The van der Waals surface area contributed by atoms with Crippen LogP contribution in [-0.2, 0) is 15.0 Å². The van der Waals surface area contributed by atoms with Gasteiger partial charge in [0.05, 0.1) is 22.9 Å². The molecule has 1 spiro atoms. The molecule has 1 atom stereocenters. The van der Waals surface area contributed by atoms with Crippen LogP contribution in [0.15, 0.2) is 36.7 Å². The Morgan fingerprint density at radius 3 is 2.83 bits per heavy atom. The van der Waals surface area contributed by atoms with Crippen molar-refractivity contribution in [2.45, 2.75) is 18.0 Å². The molecule has 0 saturated carbocycles. The Kier molecular flexibility index (Phi) is 5.42. The van der Waals surface area contributed by atoms with Gasteiger partial charge in [0.25, 0.3) is 5.91 Å². The first-order valence-corrected chi connectivity index (χ1v) is 11.0. The number of anilines is 1. The molecule has 0 aliphatic carbocycles. The summed E-state index contributed by atoms with van der Waals surface area (Å²) in [5.74, 6) is -1.77. The summed E-state index contributed by atoms with van der Waals surface area (Å²) in [6.45, 7) is -1.85. The molecule has 0 radical (unpaired) electrons. The number of amides is 3.